The number of ether oxygens (including phenoxy) is 1. The number of amides is 1. The molecule has 3 aromatic rings. The highest BCUT2D eigenvalue weighted by Crippen LogP contribution is 2.37. The number of carbonyl (C=O) groups is 1. The smallest absolute Gasteiger partial charge is 0.224 e. The van der Waals surface area contributed by atoms with Crippen LogP contribution in [-0.2, 0) is 17.9 Å². The minimum Gasteiger partial charge on any atom is -0.496 e. The highest BCUT2D eigenvalue weighted by Gasteiger charge is 2.43. The number of methoxy groups -OCH3 is 1. The predicted molar refractivity (Wildman–Crippen MR) is 120 cm³/mol. The Balaban J connectivity index is 1.19. The Hall–Kier alpha value is -3.26. The van der Waals surface area contributed by atoms with Gasteiger partial charge in [-0.1, -0.05) is 29.5 Å². The molecule has 0 saturated carbocycles. The zero-order valence-corrected chi connectivity index (χ0v) is 18.2. The zero-order chi connectivity index (χ0) is 21.9. The number of benzene rings is 1. The van der Waals surface area contributed by atoms with Gasteiger partial charge in [-0.15, -0.1) is 5.10 Å². The Morgan fingerprint density at radius 3 is 2.84 bits per heavy atom. The molecule has 166 valence electrons. The van der Waals surface area contributed by atoms with Gasteiger partial charge in [-0.3, -0.25) is 19.4 Å². The first-order valence-electron chi connectivity index (χ1n) is 11.2. The average molecular weight is 433 g/mol. The highest BCUT2D eigenvalue weighted by molar-refractivity contribution is 5.79. The number of aromatic nitrogens is 4. The topological polar surface area (TPSA) is 85.2 Å². The van der Waals surface area contributed by atoms with E-state index in [9.17, 15) is 4.79 Å². The van der Waals surface area contributed by atoms with Gasteiger partial charge < -0.3 is 10.1 Å². The van der Waals surface area contributed by atoms with Crippen LogP contribution in [0, 0.1) is 11.8 Å². The summed E-state index contributed by atoms with van der Waals surface area (Å²) in [6.07, 6.45) is 5.80. The van der Waals surface area contributed by atoms with E-state index >= 15 is 0 Å². The average Bonchev–Trinajstić information content (AvgIpc) is 3.32. The molecule has 6 rings (SSSR count). The molecule has 1 unspecified atom stereocenters. The number of rotatable bonds is 7. The molecule has 3 aliphatic heterocycles. The van der Waals surface area contributed by atoms with Gasteiger partial charge in [0, 0.05) is 30.9 Å². The van der Waals surface area contributed by atoms with E-state index in [0.29, 0.717) is 18.5 Å². The Kier molecular flexibility index (Phi) is 5.85. The molecule has 32 heavy (non-hydrogen) atoms. The molecule has 3 saturated heterocycles. The molecule has 1 N–H and O–H groups in total. The van der Waals surface area contributed by atoms with Crippen LogP contribution in [0.5, 0.6) is 5.75 Å². The minimum atomic E-state index is 0.0366. The number of hydrogen-bond donors (Lipinski definition) is 1. The maximum Gasteiger partial charge on any atom is 0.224 e. The van der Waals surface area contributed by atoms with Crippen LogP contribution in [0.15, 0.2) is 54.9 Å². The number of fused-ring (bicyclic) bond motifs is 3. The van der Waals surface area contributed by atoms with Crippen LogP contribution in [0.25, 0.3) is 11.4 Å². The van der Waals surface area contributed by atoms with Gasteiger partial charge in [0.15, 0.2) is 0 Å². The summed E-state index contributed by atoms with van der Waals surface area (Å²) in [5, 5.41) is 11.7. The molecular weight excluding hydrogens is 404 g/mol. The van der Waals surface area contributed by atoms with Crippen molar-refractivity contribution in [2.45, 2.75) is 32.0 Å². The zero-order valence-electron chi connectivity index (χ0n) is 18.2. The van der Waals surface area contributed by atoms with Gasteiger partial charge in [-0.25, -0.2) is 0 Å². The number of piperidine rings is 3. The van der Waals surface area contributed by atoms with Gasteiger partial charge >= 0.3 is 0 Å². The van der Waals surface area contributed by atoms with E-state index in [1.807, 2.05) is 53.3 Å². The van der Waals surface area contributed by atoms with Crippen molar-refractivity contribution >= 4 is 5.91 Å². The minimum absolute atomic E-state index is 0.0366. The number of carbonyl (C=O) groups excluding carboxylic acids is 1. The maximum atomic E-state index is 13.0. The van der Waals surface area contributed by atoms with Crippen molar-refractivity contribution in [2.24, 2.45) is 11.8 Å². The molecule has 4 atom stereocenters. The molecule has 8 nitrogen and oxygen atoms in total. The third-order valence-corrected chi connectivity index (χ3v) is 6.72. The van der Waals surface area contributed by atoms with Crippen LogP contribution < -0.4 is 10.1 Å². The van der Waals surface area contributed by atoms with E-state index in [1.54, 1.807) is 13.3 Å². The monoisotopic (exact) mass is 432 g/mol. The number of nitrogens with zero attached hydrogens (tertiary/aromatic N) is 5. The summed E-state index contributed by atoms with van der Waals surface area (Å²) in [5.41, 5.74) is 2.61. The Morgan fingerprint density at radius 1 is 1.19 bits per heavy atom. The normalized spacial score (nSPS) is 24.3. The van der Waals surface area contributed by atoms with Gasteiger partial charge in [0.05, 0.1) is 31.5 Å². The quantitative estimate of drug-likeness (QED) is 0.617. The van der Waals surface area contributed by atoms with E-state index in [0.717, 1.165) is 55.2 Å². The first-order chi connectivity index (χ1) is 15.7. The van der Waals surface area contributed by atoms with Gasteiger partial charge in [-0.05, 0) is 43.5 Å². The fourth-order valence-corrected chi connectivity index (χ4v) is 5.02. The van der Waals surface area contributed by atoms with Gasteiger partial charge in [-0.2, -0.15) is 0 Å². The summed E-state index contributed by atoms with van der Waals surface area (Å²) in [7, 11) is 1.66. The van der Waals surface area contributed by atoms with Gasteiger partial charge in [0.25, 0.3) is 0 Å². The molecule has 0 radical (unpaired) electrons. The van der Waals surface area contributed by atoms with E-state index in [1.165, 1.54) is 0 Å². The van der Waals surface area contributed by atoms with Crippen LogP contribution in [-0.4, -0.2) is 57.0 Å². The van der Waals surface area contributed by atoms with Crippen molar-refractivity contribution < 1.29 is 9.53 Å². The maximum absolute atomic E-state index is 13.0. The van der Waals surface area contributed by atoms with Crippen LogP contribution in [0.1, 0.15) is 18.4 Å². The van der Waals surface area contributed by atoms with Crippen molar-refractivity contribution in [3.8, 4) is 17.1 Å². The molecule has 3 fully saturated rings. The van der Waals surface area contributed by atoms with E-state index in [2.05, 4.69) is 25.5 Å². The van der Waals surface area contributed by atoms with Crippen LogP contribution in [0.4, 0.5) is 0 Å². The Morgan fingerprint density at radius 2 is 2.06 bits per heavy atom. The number of hydrogen-bond acceptors (Lipinski definition) is 6. The molecule has 0 spiro atoms. The van der Waals surface area contributed by atoms with Crippen molar-refractivity contribution in [2.75, 3.05) is 20.2 Å². The van der Waals surface area contributed by atoms with E-state index < -0.39 is 0 Å². The molecule has 5 heterocycles. The lowest BCUT2D eigenvalue weighted by Crippen LogP contribution is -2.58. The molecule has 0 aliphatic carbocycles. The summed E-state index contributed by atoms with van der Waals surface area (Å²) < 4.78 is 7.31. The second-order valence-corrected chi connectivity index (χ2v) is 8.61. The van der Waals surface area contributed by atoms with Gasteiger partial charge in [0.2, 0.25) is 5.91 Å². The first-order valence-corrected chi connectivity index (χ1v) is 11.2. The number of nitrogens with one attached hydrogen (secondary N) is 1. The van der Waals surface area contributed by atoms with Gasteiger partial charge in [0.1, 0.15) is 11.4 Å². The third kappa shape index (κ3) is 4.23. The molecule has 1 aromatic carbocycles. The molecule has 1 amide bonds. The fraction of sp³-hybridized carbons (Fsp3) is 0.417. The van der Waals surface area contributed by atoms with Crippen molar-refractivity contribution in [3.63, 3.8) is 0 Å². The largest absolute Gasteiger partial charge is 0.496 e. The van der Waals surface area contributed by atoms with Crippen LogP contribution in [0.2, 0.25) is 0 Å². The number of para-hydroxylation sites is 1. The number of pyridine rings is 1. The lowest BCUT2D eigenvalue weighted by Gasteiger charge is -2.49. The second-order valence-electron chi connectivity index (χ2n) is 8.61. The predicted octanol–water partition coefficient (Wildman–Crippen LogP) is 2.38. The van der Waals surface area contributed by atoms with Crippen LogP contribution in [0.3, 0.4) is 0 Å². The summed E-state index contributed by atoms with van der Waals surface area (Å²) in [4.78, 5) is 19.8. The van der Waals surface area contributed by atoms with Crippen molar-refractivity contribution in [1.29, 1.82) is 0 Å². The third-order valence-electron chi connectivity index (χ3n) is 6.72. The molecular formula is C24H28N6O2. The van der Waals surface area contributed by atoms with E-state index in [4.69, 9.17) is 4.74 Å². The SMILES string of the molecule is COc1ccccc1CNC(=O)[C@H]1CN2CC[C@@H]1C[C@@H]2Cn1cc(-c2ccccn2)nn1. The molecule has 3 aliphatic rings. The Labute approximate surface area is 187 Å². The highest BCUT2D eigenvalue weighted by atomic mass is 16.5. The summed E-state index contributed by atoms with van der Waals surface area (Å²) in [6, 6.07) is 14.0. The van der Waals surface area contributed by atoms with Crippen molar-refractivity contribution in [1.82, 2.24) is 30.2 Å². The van der Waals surface area contributed by atoms with Crippen molar-refractivity contribution in [3.05, 3.63) is 60.4 Å². The molecule has 2 bridgehead atoms. The summed E-state index contributed by atoms with van der Waals surface area (Å²) >= 11 is 0. The molecule has 8 heteroatoms. The fourth-order valence-electron chi connectivity index (χ4n) is 5.02. The first kappa shape index (κ1) is 20.6. The summed E-state index contributed by atoms with van der Waals surface area (Å²) in [6.45, 7) is 3.11. The van der Waals surface area contributed by atoms with E-state index in [-0.39, 0.29) is 11.8 Å². The lowest BCUT2D eigenvalue weighted by molar-refractivity contribution is -0.133. The van der Waals surface area contributed by atoms with Crippen LogP contribution >= 0.6 is 0 Å². The molecule has 2 aromatic heterocycles. The standard InChI is InChI=1S/C24H28N6O2/c1-32-23-8-3-2-6-18(23)13-26-24(31)20-15-29-11-9-17(20)12-19(29)14-30-16-22(27-28-30)21-7-4-5-10-25-21/h2-8,10,16-17,19-20H,9,11-15H2,1H3,(H,26,31)/t17-,19-,20+/m1/s1. The lowest BCUT2D eigenvalue weighted by atomic mass is 9.75. The second kappa shape index (κ2) is 9.08. The Bertz CT molecular complexity index is 1070. The summed E-state index contributed by atoms with van der Waals surface area (Å²) in [5.74, 6) is 1.39.